The average molecular weight is 321 g/mol. The SMILES string of the molecule is Cc1cc(C)n(-c2nnc(N)c(C)c2C2CCC(F)(F)CC2)n1. The Bertz CT molecular complexity index is 728. The number of alkyl halides is 2. The fourth-order valence-electron chi connectivity index (χ4n) is 3.35. The van der Waals surface area contributed by atoms with Crippen molar-refractivity contribution in [1.29, 1.82) is 0 Å². The van der Waals surface area contributed by atoms with Crippen LogP contribution in [0.3, 0.4) is 0 Å². The zero-order chi connectivity index (χ0) is 16.8. The van der Waals surface area contributed by atoms with Gasteiger partial charge >= 0.3 is 0 Å². The molecule has 1 aliphatic carbocycles. The first-order chi connectivity index (χ1) is 10.8. The fraction of sp³-hybridized carbons (Fsp3) is 0.562. The second-order valence-corrected chi connectivity index (χ2v) is 6.42. The van der Waals surface area contributed by atoms with Gasteiger partial charge in [0.2, 0.25) is 5.92 Å². The lowest BCUT2D eigenvalue weighted by Gasteiger charge is -2.30. The number of nitrogens with zero attached hydrogens (tertiary/aromatic N) is 4. The molecule has 1 saturated carbocycles. The zero-order valence-corrected chi connectivity index (χ0v) is 13.6. The molecule has 0 atom stereocenters. The van der Waals surface area contributed by atoms with Gasteiger partial charge in [-0.25, -0.2) is 13.5 Å². The van der Waals surface area contributed by atoms with E-state index >= 15 is 0 Å². The molecule has 1 aliphatic rings. The molecule has 2 N–H and O–H groups in total. The second-order valence-electron chi connectivity index (χ2n) is 6.42. The van der Waals surface area contributed by atoms with E-state index in [1.165, 1.54) is 0 Å². The third kappa shape index (κ3) is 2.92. The van der Waals surface area contributed by atoms with E-state index in [1.54, 1.807) is 4.68 Å². The van der Waals surface area contributed by atoms with Crippen LogP contribution in [0.15, 0.2) is 6.07 Å². The number of aryl methyl sites for hydroxylation is 2. The number of nitrogen functional groups attached to an aromatic ring is 1. The molecule has 0 amide bonds. The van der Waals surface area contributed by atoms with Crippen LogP contribution in [0.4, 0.5) is 14.6 Å². The predicted octanol–water partition coefficient (Wildman–Crippen LogP) is 3.46. The van der Waals surface area contributed by atoms with E-state index in [2.05, 4.69) is 15.3 Å². The van der Waals surface area contributed by atoms with Crippen LogP contribution in [0.2, 0.25) is 0 Å². The van der Waals surface area contributed by atoms with Gasteiger partial charge in [-0.3, -0.25) is 0 Å². The molecule has 0 bridgehead atoms. The predicted molar refractivity (Wildman–Crippen MR) is 83.9 cm³/mol. The standard InChI is InChI=1S/C16H21F2N5/c1-9-8-10(2)23(22-9)15-13(11(3)14(19)20-21-15)12-4-6-16(17,18)7-5-12/h8,12H,4-7H2,1-3H3,(H2,19,20). The summed E-state index contributed by atoms with van der Waals surface area (Å²) in [5.41, 5.74) is 9.45. The van der Waals surface area contributed by atoms with Crippen LogP contribution in [0, 0.1) is 20.8 Å². The highest BCUT2D eigenvalue weighted by molar-refractivity contribution is 5.51. The molecule has 0 spiro atoms. The van der Waals surface area contributed by atoms with Gasteiger partial charge in [0.25, 0.3) is 0 Å². The number of anilines is 1. The van der Waals surface area contributed by atoms with Crippen molar-refractivity contribution in [2.45, 2.75) is 58.3 Å². The van der Waals surface area contributed by atoms with Crippen molar-refractivity contribution >= 4 is 5.82 Å². The maximum absolute atomic E-state index is 13.5. The molecule has 1 fully saturated rings. The van der Waals surface area contributed by atoms with Gasteiger partial charge < -0.3 is 5.73 Å². The fourth-order valence-corrected chi connectivity index (χ4v) is 3.35. The number of hydrogen-bond donors (Lipinski definition) is 1. The lowest BCUT2D eigenvalue weighted by molar-refractivity contribution is -0.0382. The Kier molecular flexibility index (Phi) is 3.82. The molecule has 2 aromatic rings. The highest BCUT2D eigenvalue weighted by Gasteiger charge is 2.37. The average Bonchev–Trinajstić information content (AvgIpc) is 2.81. The first-order valence-corrected chi connectivity index (χ1v) is 7.82. The molecular weight excluding hydrogens is 300 g/mol. The summed E-state index contributed by atoms with van der Waals surface area (Å²) in [6, 6.07) is 1.95. The molecule has 0 saturated heterocycles. The minimum absolute atomic E-state index is 0.00586. The number of nitrogens with two attached hydrogens (primary N) is 1. The molecule has 2 heterocycles. The molecule has 7 heteroatoms. The molecule has 5 nitrogen and oxygen atoms in total. The van der Waals surface area contributed by atoms with Crippen LogP contribution >= 0.6 is 0 Å². The van der Waals surface area contributed by atoms with Gasteiger partial charge in [-0.1, -0.05) is 0 Å². The molecule has 23 heavy (non-hydrogen) atoms. The number of rotatable bonds is 2. The van der Waals surface area contributed by atoms with E-state index < -0.39 is 5.92 Å². The van der Waals surface area contributed by atoms with Crippen molar-refractivity contribution < 1.29 is 8.78 Å². The van der Waals surface area contributed by atoms with Gasteiger partial charge in [0.15, 0.2) is 5.82 Å². The first-order valence-electron chi connectivity index (χ1n) is 7.82. The van der Waals surface area contributed by atoms with Gasteiger partial charge in [0.1, 0.15) is 5.82 Å². The lowest BCUT2D eigenvalue weighted by atomic mass is 9.81. The number of aromatic nitrogens is 4. The van der Waals surface area contributed by atoms with E-state index in [9.17, 15) is 8.78 Å². The van der Waals surface area contributed by atoms with E-state index in [1.807, 2.05) is 26.8 Å². The molecule has 0 unspecified atom stereocenters. The smallest absolute Gasteiger partial charge is 0.248 e. The third-order valence-electron chi connectivity index (χ3n) is 4.62. The summed E-state index contributed by atoms with van der Waals surface area (Å²) in [6.07, 6.45) is 0.641. The maximum Gasteiger partial charge on any atom is 0.248 e. The summed E-state index contributed by atoms with van der Waals surface area (Å²) in [4.78, 5) is 0. The molecule has 0 aliphatic heterocycles. The quantitative estimate of drug-likeness (QED) is 0.919. The summed E-state index contributed by atoms with van der Waals surface area (Å²) in [5.74, 6) is -1.60. The summed E-state index contributed by atoms with van der Waals surface area (Å²) < 4.78 is 28.7. The van der Waals surface area contributed by atoms with Crippen molar-refractivity contribution in [2.24, 2.45) is 0 Å². The summed E-state index contributed by atoms with van der Waals surface area (Å²) in [6.45, 7) is 5.72. The van der Waals surface area contributed by atoms with Gasteiger partial charge in [0, 0.05) is 29.7 Å². The van der Waals surface area contributed by atoms with Crippen LogP contribution in [0.1, 0.15) is 54.1 Å². The van der Waals surface area contributed by atoms with Gasteiger partial charge in [-0.05, 0) is 45.6 Å². The Morgan fingerprint density at radius 3 is 2.39 bits per heavy atom. The molecule has 0 radical (unpaired) electrons. The number of hydrogen-bond acceptors (Lipinski definition) is 4. The van der Waals surface area contributed by atoms with Crippen molar-refractivity contribution in [3.8, 4) is 5.82 Å². The van der Waals surface area contributed by atoms with Crippen LogP contribution in [0.25, 0.3) is 5.82 Å². The minimum atomic E-state index is -2.56. The Morgan fingerprint density at radius 2 is 1.83 bits per heavy atom. The Hall–Kier alpha value is -2.05. The summed E-state index contributed by atoms with van der Waals surface area (Å²) in [5, 5.41) is 12.7. The summed E-state index contributed by atoms with van der Waals surface area (Å²) >= 11 is 0. The molecule has 3 rings (SSSR count). The first kappa shape index (κ1) is 15.8. The van der Waals surface area contributed by atoms with E-state index in [0.29, 0.717) is 24.5 Å². The minimum Gasteiger partial charge on any atom is -0.382 e. The monoisotopic (exact) mass is 321 g/mol. The Balaban J connectivity index is 2.08. The molecule has 0 aromatic carbocycles. The van der Waals surface area contributed by atoms with Crippen LogP contribution in [0.5, 0.6) is 0 Å². The summed E-state index contributed by atoms with van der Waals surface area (Å²) in [7, 11) is 0. The topological polar surface area (TPSA) is 69.6 Å². The third-order valence-corrected chi connectivity index (χ3v) is 4.62. The highest BCUT2D eigenvalue weighted by Crippen LogP contribution is 2.43. The van der Waals surface area contributed by atoms with Gasteiger partial charge in [-0.15, -0.1) is 10.2 Å². The lowest BCUT2D eigenvalue weighted by Crippen LogP contribution is -2.25. The molecular formula is C16H21F2N5. The zero-order valence-electron chi connectivity index (χ0n) is 13.6. The second kappa shape index (κ2) is 5.54. The number of halogens is 2. The molecule has 124 valence electrons. The van der Waals surface area contributed by atoms with Crippen LogP contribution < -0.4 is 5.73 Å². The van der Waals surface area contributed by atoms with Crippen LogP contribution in [-0.4, -0.2) is 25.9 Å². The highest BCUT2D eigenvalue weighted by atomic mass is 19.3. The van der Waals surface area contributed by atoms with E-state index in [4.69, 9.17) is 5.73 Å². The van der Waals surface area contributed by atoms with Crippen LogP contribution in [-0.2, 0) is 0 Å². The van der Waals surface area contributed by atoms with Crippen molar-refractivity contribution in [1.82, 2.24) is 20.0 Å². The Labute approximate surface area is 133 Å². The van der Waals surface area contributed by atoms with Crippen molar-refractivity contribution in [2.75, 3.05) is 5.73 Å². The largest absolute Gasteiger partial charge is 0.382 e. The molecule has 2 aromatic heterocycles. The Morgan fingerprint density at radius 1 is 1.17 bits per heavy atom. The maximum atomic E-state index is 13.5. The van der Waals surface area contributed by atoms with Gasteiger partial charge in [-0.2, -0.15) is 5.10 Å². The van der Waals surface area contributed by atoms with Crippen molar-refractivity contribution in [3.63, 3.8) is 0 Å². The van der Waals surface area contributed by atoms with Gasteiger partial charge in [0.05, 0.1) is 5.69 Å². The normalized spacial score (nSPS) is 18.3. The van der Waals surface area contributed by atoms with E-state index in [-0.39, 0.29) is 18.8 Å². The van der Waals surface area contributed by atoms with E-state index in [0.717, 1.165) is 22.5 Å². The van der Waals surface area contributed by atoms with Crippen molar-refractivity contribution in [3.05, 3.63) is 28.6 Å².